The molecule has 0 spiro atoms. The highest BCUT2D eigenvalue weighted by atomic mass is 14.4. The van der Waals surface area contributed by atoms with Crippen molar-refractivity contribution >= 4 is 0 Å². The maximum absolute atomic E-state index is 3.22. The van der Waals surface area contributed by atoms with E-state index in [1.807, 2.05) is 0 Å². The molecule has 0 heteroatoms. The molecule has 0 bridgehead atoms. The molecule has 2 aromatic rings. The molecular formula is C18H17. The average Bonchev–Trinajstić information content (AvgIpc) is 3.01. The molecule has 2 aliphatic rings. The number of rotatable bonds is 1. The molecule has 89 valence electrons. The minimum absolute atomic E-state index is 0.748. The molecule has 0 amide bonds. The van der Waals surface area contributed by atoms with Crippen LogP contribution in [0.2, 0.25) is 0 Å². The van der Waals surface area contributed by atoms with Gasteiger partial charge >= 0.3 is 0 Å². The lowest BCUT2D eigenvalue weighted by molar-refractivity contribution is 0.531. The molecule has 2 unspecified atom stereocenters. The van der Waals surface area contributed by atoms with Gasteiger partial charge in [0, 0.05) is 0 Å². The fraction of sp³-hybridized carbons (Fsp3) is 0.333. The fourth-order valence-corrected chi connectivity index (χ4v) is 3.95. The second-order valence-corrected chi connectivity index (χ2v) is 5.61. The van der Waals surface area contributed by atoms with Gasteiger partial charge in [0.25, 0.3) is 0 Å². The molecule has 0 N–H and O–H groups in total. The van der Waals surface area contributed by atoms with Gasteiger partial charge in [-0.15, -0.1) is 0 Å². The molecule has 2 atom stereocenters. The Morgan fingerprint density at radius 3 is 2.44 bits per heavy atom. The lowest BCUT2D eigenvalue weighted by Crippen LogP contribution is -2.05. The summed E-state index contributed by atoms with van der Waals surface area (Å²) in [5, 5.41) is 0. The van der Waals surface area contributed by atoms with Crippen molar-refractivity contribution in [1.29, 1.82) is 0 Å². The van der Waals surface area contributed by atoms with E-state index in [0.29, 0.717) is 0 Å². The Morgan fingerprint density at radius 2 is 1.56 bits per heavy atom. The highest BCUT2D eigenvalue weighted by molar-refractivity contribution is 5.42. The monoisotopic (exact) mass is 233 g/mol. The zero-order valence-electron chi connectivity index (χ0n) is 10.5. The summed E-state index contributed by atoms with van der Waals surface area (Å²) in [5.74, 6) is 1.50. The molecule has 1 radical (unpaired) electrons. The van der Waals surface area contributed by atoms with E-state index in [1.165, 1.54) is 31.2 Å². The number of benzene rings is 2. The van der Waals surface area contributed by atoms with Crippen molar-refractivity contribution < 1.29 is 0 Å². The minimum Gasteiger partial charge on any atom is -0.0620 e. The smallest absolute Gasteiger partial charge is 0.00870 e. The van der Waals surface area contributed by atoms with Gasteiger partial charge in [0.15, 0.2) is 0 Å². The van der Waals surface area contributed by atoms with Gasteiger partial charge in [-0.2, -0.15) is 0 Å². The maximum atomic E-state index is 3.22. The van der Waals surface area contributed by atoms with Crippen molar-refractivity contribution in [3.63, 3.8) is 0 Å². The first-order chi connectivity index (χ1) is 8.93. The maximum Gasteiger partial charge on any atom is -0.00870 e. The molecule has 0 fully saturated rings. The zero-order valence-corrected chi connectivity index (χ0v) is 10.5. The Morgan fingerprint density at radius 1 is 0.833 bits per heavy atom. The third kappa shape index (κ3) is 1.45. The Labute approximate surface area is 109 Å². The van der Waals surface area contributed by atoms with Gasteiger partial charge in [0.05, 0.1) is 0 Å². The quantitative estimate of drug-likeness (QED) is 0.691. The lowest BCUT2D eigenvalue weighted by Gasteiger charge is -2.20. The lowest BCUT2D eigenvalue weighted by atomic mass is 9.83. The Balaban J connectivity index is 1.75. The fourth-order valence-electron chi connectivity index (χ4n) is 3.95. The Bertz CT molecular complexity index is 529. The van der Waals surface area contributed by atoms with Crippen LogP contribution < -0.4 is 0 Å². The normalized spacial score (nSPS) is 24.9. The number of hydrogen-bond donors (Lipinski definition) is 0. The van der Waals surface area contributed by atoms with Gasteiger partial charge in [0.1, 0.15) is 0 Å². The first kappa shape index (κ1) is 10.4. The predicted octanol–water partition coefficient (Wildman–Crippen LogP) is 4.25. The summed E-state index contributed by atoms with van der Waals surface area (Å²) in [5.41, 5.74) is 6.32. The van der Waals surface area contributed by atoms with E-state index in [0.717, 1.165) is 11.8 Å². The van der Waals surface area contributed by atoms with Crippen molar-refractivity contribution in [2.24, 2.45) is 0 Å². The van der Waals surface area contributed by atoms with E-state index in [-0.39, 0.29) is 0 Å². The molecule has 0 saturated carbocycles. The molecule has 4 rings (SSSR count). The van der Waals surface area contributed by atoms with Crippen LogP contribution >= 0.6 is 0 Å². The topological polar surface area (TPSA) is 0 Å². The van der Waals surface area contributed by atoms with Crippen molar-refractivity contribution in [2.45, 2.75) is 37.5 Å². The molecule has 2 aromatic carbocycles. The average molecular weight is 233 g/mol. The second kappa shape index (κ2) is 3.98. The molecule has 0 heterocycles. The molecule has 0 aromatic heterocycles. The van der Waals surface area contributed by atoms with E-state index >= 15 is 0 Å². The van der Waals surface area contributed by atoms with Crippen LogP contribution in [0.3, 0.4) is 0 Å². The van der Waals surface area contributed by atoms with E-state index in [9.17, 15) is 0 Å². The summed E-state index contributed by atoms with van der Waals surface area (Å²) in [4.78, 5) is 0. The van der Waals surface area contributed by atoms with Crippen LogP contribution in [0.15, 0.2) is 42.5 Å². The van der Waals surface area contributed by atoms with Crippen molar-refractivity contribution in [3.05, 3.63) is 70.8 Å². The standard InChI is InChI=1S/C18H17/c1-3-7-15-13(5-1)9-11-17(15)18-12-10-14-6-2-4-8-16(14)18/h1,3-8,17-18H,9-12H2. The molecule has 0 nitrogen and oxygen atoms in total. The summed E-state index contributed by atoms with van der Waals surface area (Å²) in [6.45, 7) is 0. The third-order valence-corrected chi connectivity index (χ3v) is 4.78. The zero-order chi connectivity index (χ0) is 11.9. The van der Waals surface area contributed by atoms with Crippen LogP contribution in [0.1, 0.15) is 46.9 Å². The Hall–Kier alpha value is -1.56. The van der Waals surface area contributed by atoms with Crippen LogP contribution in [0.5, 0.6) is 0 Å². The van der Waals surface area contributed by atoms with Crippen LogP contribution in [-0.2, 0) is 12.8 Å². The van der Waals surface area contributed by atoms with Crippen molar-refractivity contribution in [1.82, 2.24) is 0 Å². The van der Waals surface area contributed by atoms with Gasteiger partial charge in [-0.3, -0.25) is 0 Å². The van der Waals surface area contributed by atoms with E-state index in [4.69, 9.17) is 0 Å². The number of aryl methyl sites for hydroxylation is 2. The van der Waals surface area contributed by atoms with Gasteiger partial charge in [0.2, 0.25) is 0 Å². The highest BCUT2D eigenvalue weighted by Crippen LogP contribution is 2.48. The van der Waals surface area contributed by atoms with Gasteiger partial charge in [-0.05, 0) is 65.8 Å². The third-order valence-electron chi connectivity index (χ3n) is 4.78. The van der Waals surface area contributed by atoms with E-state index in [1.54, 1.807) is 16.7 Å². The minimum atomic E-state index is 0.748. The Kier molecular flexibility index (Phi) is 2.29. The van der Waals surface area contributed by atoms with Gasteiger partial charge in [-0.1, -0.05) is 42.5 Å². The van der Waals surface area contributed by atoms with E-state index < -0.39 is 0 Å². The summed E-state index contributed by atoms with van der Waals surface area (Å²) in [6.07, 6.45) is 5.18. The molecule has 2 aliphatic carbocycles. The first-order valence-electron chi connectivity index (χ1n) is 7.00. The second-order valence-electron chi connectivity index (χ2n) is 5.61. The highest BCUT2D eigenvalue weighted by Gasteiger charge is 2.34. The SMILES string of the molecule is [c]1ccc2c(c1)CCC2C1CCc2ccccc21. The molecule has 0 aliphatic heterocycles. The summed E-state index contributed by atoms with van der Waals surface area (Å²) >= 11 is 0. The van der Waals surface area contributed by atoms with Crippen LogP contribution in [0.4, 0.5) is 0 Å². The summed E-state index contributed by atoms with van der Waals surface area (Å²) in [6, 6.07) is 18.8. The van der Waals surface area contributed by atoms with Gasteiger partial charge < -0.3 is 0 Å². The van der Waals surface area contributed by atoms with Gasteiger partial charge in [-0.25, -0.2) is 0 Å². The largest absolute Gasteiger partial charge is 0.0620 e. The number of hydrogen-bond acceptors (Lipinski definition) is 0. The summed E-state index contributed by atoms with van der Waals surface area (Å²) < 4.78 is 0. The van der Waals surface area contributed by atoms with Crippen LogP contribution in [0.25, 0.3) is 0 Å². The molecule has 18 heavy (non-hydrogen) atoms. The number of fused-ring (bicyclic) bond motifs is 2. The molecule has 0 saturated heterocycles. The van der Waals surface area contributed by atoms with Crippen molar-refractivity contribution in [3.8, 4) is 0 Å². The molecular weight excluding hydrogens is 216 g/mol. The van der Waals surface area contributed by atoms with E-state index in [2.05, 4.69) is 48.5 Å². The first-order valence-corrected chi connectivity index (χ1v) is 7.00. The van der Waals surface area contributed by atoms with Crippen molar-refractivity contribution in [2.75, 3.05) is 0 Å². The summed E-state index contributed by atoms with van der Waals surface area (Å²) in [7, 11) is 0. The van der Waals surface area contributed by atoms with Crippen LogP contribution in [-0.4, -0.2) is 0 Å². The van der Waals surface area contributed by atoms with Crippen LogP contribution in [0, 0.1) is 6.07 Å². The predicted molar refractivity (Wildman–Crippen MR) is 73.8 cm³/mol.